The Bertz CT molecular complexity index is 820. The second-order valence-electron chi connectivity index (χ2n) is 4.78. The van der Waals surface area contributed by atoms with Crippen LogP contribution in [0.25, 0.3) is 5.65 Å². The molecule has 0 radical (unpaired) electrons. The smallest absolute Gasteiger partial charge is 0.182 e. The molecule has 0 atom stereocenters. The maximum atomic E-state index is 5.28. The third-order valence-corrected chi connectivity index (χ3v) is 3.33. The van der Waals surface area contributed by atoms with Gasteiger partial charge in [-0.2, -0.15) is 0 Å². The van der Waals surface area contributed by atoms with Gasteiger partial charge in [0, 0.05) is 6.20 Å². The summed E-state index contributed by atoms with van der Waals surface area (Å²) in [6, 6.07) is 11.5. The third-order valence-electron chi connectivity index (χ3n) is 3.33. The number of ether oxygens (including phenoxy) is 1. The zero-order chi connectivity index (χ0) is 14.8. The van der Waals surface area contributed by atoms with Crippen LogP contribution in [0.15, 0.2) is 52.8 Å². The molecule has 3 rings (SSSR count). The van der Waals surface area contributed by atoms with Gasteiger partial charge in [-0.1, -0.05) is 18.2 Å². The Balaban J connectivity index is 2.08. The van der Waals surface area contributed by atoms with Crippen LogP contribution in [0.3, 0.4) is 0 Å². The number of methoxy groups -OCH3 is 1. The van der Waals surface area contributed by atoms with E-state index in [0.717, 1.165) is 22.7 Å². The summed E-state index contributed by atoms with van der Waals surface area (Å²) in [5, 5.41) is 8.66. The first kappa shape index (κ1) is 13.3. The van der Waals surface area contributed by atoms with Crippen molar-refractivity contribution in [2.24, 2.45) is 10.2 Å². The summed E-state index contributed by atoms with van der Waals surface area (Å²) in [6.07, 6.45) is 1.94. The number of rotatable bonds is 3. The lowest BCUT2D eigenvalue weighted by molar-refractivity contribution is 0.416. The van der Waals surface area contributed by atoms with E-state index >= 15 is 0 Å². The van der Waals surface area contributed by atoms with Crippen LogP contribution in [0.2, 0.25) is 0 Å². The minimum atomic E-state index is 0.696. The van der Waals surface area contributed by atoms with Gasteiger partial charge in [0.1, 0.15) is 17.1 Å². The Kier molecular flexibility index (Phi) is 3.39. The molecule has 0 aliphatic rings. The van der Waals surface area contributed by atoms with Crippen LogP contribution >= 0.6 is 0 Å². The molecule has 0 saturated carbocycles. The van der Waals surface area contributed by atoms with E-state index in [1.165, 1.54) is 0 Å². The van der Waals surface area contributed by atoms with Gasteiger partial charge in [0.05, 0.1) is 12.8 Å². The van der Waals surface area contributed by atoms with Gasteiger partial charge >= 0.3 is 0 Å². The highest BCUT2D eigenvalue weighted by atomic mass is 16.5. The van der Waals surface area contributed by atoms with E-state index < -0.39 is 0 Å². The number of nitrogens with zero attached hydrogens (tertiary/aromatic N) is 4. The molecule has 3 aromatic rings. The Morgan fingerprint density at radius 1 is 1.05 bits per heavy atom. The maximum absolute atomic E-state index is 5.28. The standard InChI is InChI=1S/C16H16N4O/c1-11-7-6-10-20-15(11)17-12(2)16(20)19-18-13-8-4-5-9-14(13)21-3/h4-10H,1-3H3. The van der Waals surface area contributed by atoms with Crippen molar-refractivity contribution in [3.63, 3.8) is 0 Å². The maximum Gasteiger partial charge on any atom is 0.182 e. The largest absolute Gasteiger partial charge is 0.494 e. The Morgan fingerprint density at radius 2 is 1.86 bits per heavy atom. The molecule has 0 aliphatic carbocycles. The number of benzene rings is 1. The zero-order valence-electron chi connectivity index (χ0n) is 12.2. The van der Waals surface area contributed by atoms with Gasteiger partial charge < -0.3 is 4.74 Å². The monoisotopic (exact) mass is 280 g/mol. The van der Waals surface area contributed by atoms with Crippen molar-refractivity contribution in [2.45, 2.75) is 13.8 Å². The summed E-state index contributed by atoms with van der Waals surface area (Å²) >= 11 is 0. The first-order valence-electron chi connectivity index (χ1n) is 6.69. The predicted octanol–water partition coefficient (Wildman–Crippen LogP) is 4.38. The van der Waals surface area contributed by atoms with Crippen molar-refractivity contribution in [1.82, 2.24) is 9.38 Å². The normalized spacial score (nSPS) is 11.4. The van der Waals surface area contributed by atoms with E-state index in [0.29, 0.717) is 11.4 Å². The van der Waals surface area contributed by atoms with Gasteiger partial charge in [-0.3, -0.25) is 4.40 Å². The molecule has 0 aliphatic heterocycles. The number of hydrogen-bond donors (Lipinski definition) is 0. The SMILES string of the molecule is COc1ccccc1N=Nc1c(C)nc2c(C)cccn12. The van der Waals surface area contributed by atoms with Crippen molar-refractivity contribution in [3.8, 4) is 5.75 Å². The highest BCUT2D eigenvalue weighted by molar-refractivity contribution is 5.57. The van der Waals surface area contributed by atoms with Crippen molar-refractivity contribution >= 4 is 17.2 Å². The van der Waals surface area contributed by atoms with Crippen molar-refractivity contribution < 1.29 is 4.74 Å². The van der Waals surface area contributed by atoms with Gasteiger partial charge in [0.25, 0.3) is 0 Å². The minimum Gasteiger partial charge on any atom is -0.494 e. The van der Waals surface area contributed by atoms with Crippen LogP contribution in [-0.2, 0) is 0 Å². The van der Waals surface area contributed by atoms with E-state index in [1.807, 2.05) is 60.8 Å². The summed E-state index contributed by atoms with van der Waals surface area (Å²) in [5.74, 6) is 1.43. The molecule has 0 spiro atoms. The summed E-state index contributed by atoms with van der Waals surface area (Å²) in [5.41, 5.74) is 3.56. The minimum absolute atomic E-state index is 0.696. The number of para-hydroxylation sites is 1. The van der Waals surface area contributed by atoms with Crippen LogP contribution in [0.5, 0.6) is 5.75 Å². The average molecular weight is 280 g/mol. The fraction of sp³-hybridized carbons (Fsp3) is 0.188. The number of imidazole rings is 1. The fourth-order valence-corrected chi connectivity index (χ4v) is 2.24. The summed E-state index contributed by atoms with van der Waals surface area (Å²) < 4.78 is 7.22. The van der Waals surface area contributed by atoms with Crippen LogP contribution in [0, 0.1) is 13.8 Å². The topological polar surface area (TPSA) is 51.2 Å². The summed E-state index contributed by atoms with van der Waals surface area (Å²) in [4.78, 5) is 4.55. The highest BCUT2D eigenvalue weighted by Gasteiger charge is 2.09. The van der Waals surface area contributed by atoms with E-state index in [-0.39, 0.29) is 0 Å². The molecule has 1 aromatic carbocycles. The van der Waals surface area contributed by atoms with Crippen molar-refractivity contribution in [1.29, 1.82) is 0 Å². The van der Waals surface area contributed by atoms with Crippen LogP contribution in [-0.4, -0.2) is 16.5 Å². The first-order valence-corrected chi connectivity index (χ1v) is 6.69. The van der Waals surface area contributed by atoms with Gasteiger partial charge in [-0.15, -0.1) is 10.2 Å². The molecular formula is C16H16N4O. The lowest BCUT2D eigenvalue weighted by atomic mass is 10.3. The third kappa shape index (κ3) is 2.38. The van der Waals surface area contributed by atoms with Gasteiger partial charge in [-0.25, -0.2) is 4.98 Å². The quantitative estimate of drug-likeness (QED) is 0.669. The summed E-state index contributed by atoms with van der Waals surface area (Å²) in [7, 11) is 1.62. The van der Waals surface area contributed by atoms with Crippen LogP contribution in [0.1, 0.15) is 11.3 Å². The number of fused-ring (bicyclic) bond motifs is 1. The molecule has 0 bridgehead atoms. The number of pyridine rings is 1. The van der Waals surface area contributed by atoms with Crippen LogP contribution in [0.4, 0.5) is 11.5 Å². The summed E-state index contributed by atoms with van der Waals surface area (Å²) in [6.45, 7) is 3.96. The first-order chi connectivity index (χ1) is 10.2. The number of aryl methyl sites for hydroxylation is 2. The molecule has 2 heterocycles. The number of hydrogen-bond acceptors (Lipinski definition) is 4. The molecule has 106 valence electrons. The highest BCUT2D eigenvalue weighted by Crippen LogP contribution is 2.29. The number of azo groups is 1. The van der Waals surface area contributed by atoms with Gasteiger partial charge in [0.2, 0.25) is 0 Å². The van der Waals surface area contributed by atoms with E-state index in [2.05, 4.69) is 15.2 Å². The second kappa shape index (κ2) is 5.36. The molecule has 0 amide bonds. The van der Waals surface area contributed by atoms with E-state index in [1.54, 1.807) is 7.11 Å². The predicted molar refractivity (Wildman–Crippen MR) is 81.8 cm³/mol. The number of aromatic nitrogens is 2. The molecule has 2 aromatic heterocycles. The van der Waals surface area contributed by atoms with Gasteiger partial charge in [0.15, 0.2) is 5.82 Å². The van der Waals surface area contributed by atoms with E-state index in [9.17, 15) is 0 Å². The Morgan fingerprint density at radius 3 is 2.67 bits per heavy atom. The second-order valence-corrected chi connectivity index (χ2v) is 4.78. The Labute approximate surface area is 122 Å². The molecule has 0 saturated heterocycles. The lowest BCUT2D eigenvalue weighted by Gasteiger charge is -2.02. The molecule has 0 unspecified atom stereocenters. The molecule has 5 heteroatoms. The lowest BCUT2D eigenvalue weighted by Crippen LogP contribution is -1.85. The van der Waals surface area contributed by atoms with Gasteiger partial charge in [-0.05, 0) is 37.6 Å². The zero-order valence-corrected chi connectivity index (χ0v) is 12.2. The molecule has 0 fully saturated rings. The van der Waals surface area contributed by atoms with Crippen LogP contribution < -0.4 is 4.74 Å². The van der Waals surface area contributed by atoms with Crippen molar-refractivity contribution in [2.75, 3.05) is 7.11 Å². The van der Waals surface area contributed by atoms with E-state index in [4.69, 9.17) is 4.74 Å². The molecule has 5 nitrogen and oxygen atoms in total. The molecule has 21 heavy (non-hydrogen) atoms. The Hall–Kier alpha value is -2.69. The fourth-order valence-electron chi connectivity index (χ4n) is 2.24. The molecular weight excluding hydrogens is 264 g/mol. The molecule has 0 N–H and O–H groups in total. The average Bonchev–Trinajstić information content (AvgIpc) is 2.83. The van der Waals surface area contributed by atoms with Crippen molar-refractivity contribution in [3.05, 3.63) is 53.9 Å².